The van der Waals surface area contributed by atoms with E-state index < -0.39 is 30.7 Å². The maximum atomic E-state index is 14.0. The van der Waals surface area contributed by atoms with Gasteiger partial charge in [0, 0.05) is 11.8 Å². The summed E-state index contributed by atoms with van der Waals surface area (Å²) >= 11 is 0. The fraction of sp³-hybridized carbons (Fsp3) is 0.909. The predicted octanol–water partition coefficient (Wildman–Crippen LogP) is 6.61. The Kier molecular flexibility index (Phi) is 7.28. The lowest BCUT2D eigenvalue weighted by molar-refractivity contribution is -0.357. The Labute approximate surface area is 164 Å². The van der Waals surface area contributed by atoms with Crippen molar-refractivity contribution in [1.29, 1.82) is 0 Å². The molecule has 3 saturated carbocycles. The molecule has 0 N–H and O–H groups in total. The summed E-state index contributed by atoms with van der Waals surface area (Å²) in [5.41, 5.74) is 0. The van der Waals surface area contributed by atoms with Crippen molar-refractivity contribution in [3.8, 4) is 11.8 Å². The molecule has 28 heavy (non-hydrogen) atoms. The normalized spacial score (nSPS) is 42.5. The number of hydrogen-bond acceptors (Lipinski definition) is 1. The fourth-order valence-corrected chi connectivity index (χ4v) is 5.28. The molecule has 0 aromatic rings. The molecule has 0 amide bonds. The first-order chi connectivity index (χ1) is 13.2. The Bertz CT molecular complexity index is 537. The van der Waals surface area contributed by atoms with Crippen molar-refractivity contribution >= 4 is 0 Å². The van der Waals surface area contributed by atoms with E-state index in [1.807, 2.05) is 0 Å². The van der Waals surface area contributed by atoms with E-state index in [-0.39, 0.29) is 18.8 Å². The van der Waals surface area contributed by atoms with E-state index in [0.717, 1.165) is 30.6 Å². The summed E-state index contributed by atoms with van der Waals surface area (Å²) in [5, 5.41) is 0. The lowest BCUT2D eigenvalue weighted by Gasteiger charge is -2.36. The highest BCUT2D eigenvalue weighted by Gasteiger charge is 2.45. The molecule has 0 heterocycles. The van der Waals surface area contributed by atoms with Crippen molar-refractivity contribution in [2.24, 2.45) is 29.6 Å². The predicted molar refractivity (Wildman–Crippen MR) is 97.8 cm³/mol. The van der Waals surface area contributed by atoms with Crippen LogP contribution in [0.25, 0.3) is 0 Å². The van der Waals surface area contributed by atoms with Crippen molar-refractivity contribution in [3.05, 3.63) is 0 Å². The molecule has 0 aromatic heterocycles. The molecule has 0 saturated heterocycles. The van der Waals surface area contributed by atoms with Gasteiger partial charge in [-0.25, -0.2) is 8.78 Å². The van der Waals surface area contributed by atoms with E-state index in [4.69, 9.17) is 0 Å². The summed E-state index contributed by atoms with van der Waals surface area (Å²) in [7, 11) is 0. The molecule has 3 aliphatic carbocycles. The van der Waals surface area contributed by atoms with Gasteiger partial charge in [0.25, 0.3) is 0 Å². The lowest BCUT2D eigenvalue weighted by atomic mass is 9.69. The molecule has 1 nitrogen and oxygen atoms in total. The van der Waals surface area contributed by atoms with Gasteiger partial charge in [-0.15, -0.1) is 13.2 Å². The smallest absolute Gasteiger partial charge is 0.282 e. The standard InChI is InChI=1S/C22H31F5O/c1-14-2-8-17(9-3-14)18-10-6-15(7-11-18)4-5-16-12-19(23)21(20(24)13-16)28-22(25,26)27/h14-21H,2-3,6-13H2,1H3. The van der Waals surface area contributed by atoms with Gasteiger partial charge in [0.05, 0.1) is 0 Å². The van der Waals surface area contributed by atoms with Crippen LogP contribution < -0.4 is 0 Å². The fourth-order valence-electron chi connectivity index (χ4n) is 5.28. The molecule has 0 spiro atoms. The van der Waals surface area contributed by atoms with E-state index in [2.05, 4.69) is 23.5 Å². The zero-order valence-corrected chi connectivity index (χ0v) is 16.5. The number of ether oxygens (including phenoxy) is 1. The van der Waals surface area contributed by atoms with Crippen molar-refractivity contribution < 1.29 is 26.7 Å². The number of rotatable bonds is 2. The van der Waals surface area contributed by atoms with Crippen LogP contribution in [0.15, 0.2) is 0 Å². The average molecular weight is 406 g/mol. The molecular formula is C22H31F5O. The largest absolute Gasteiger partial charge is 0.522 e. The van der Waals surface area contributed by atoms with E-state index >= 15 is 0 Å². The summed E-state index contributed by atoms with van der Waals surface area (Å²) in [6, 6.07) is 0. The van der Waals surface area contributed by atoms with Gasteiger partial charge >= 0.3 is 6.36 Å². The second-order valence-electron chi connectivity index (χ2n) is 9.15. The molecule has 6 heteroatoms. The Hall–Kier alpha value is -0.830. The Morgan fingerprint density at radius 3 is 1.68 bits per heavy atom. The topological polar surface area (TPSA) is 9.23 Å². The molecule has 160 valence electrons. The maximum absolute atomic E-state index is 14.0. The molecule has 3 rings (SSSR count). The molecular weight excluding hydrogens is 375 g/mol. The Balaban J connectivity index is 1.45. The Morgan fingerprint density at radius 2 is 1.18 bits per heavy atom. The third-order valence-corrected chi connectivity index (χ3v) is 6.99. The third kappa shape index (κ3) is 6.08. The van der Waals surface area contributed by atoms with Crippen molar-refractivity contribution in [2.75, 3.05) is 0 Å². The number of hydrogen-bond donors (Lipinski definition) is 0. The van der Waals surface area contributed by atoms with E-state index in [1.165, 1.54) is 38.5 Å². The minimum Gasteiger partial charge on any atom is -0.282 e. The molecule has 3 fully saturated rings. The van der Waals surface area contributed by atoms with Crippen molar-refractivity contribution in [3.63, 3.8) is 0 Å². The summed E-state index contributed by atoms with van der Waals surface area (Å²) in [6.07, 6.45) is -1.70. The first-order valence-corrected chi connectivity index (χ1v) is 10.7. The van der Waals surface area contributed by atoms with Gasteiger partial charge in [-0.05, 0) is 69.1 Å². The third-order valence-electron chi connectivity index (χ3n) is 6.99. The van der Waals surface area contributed by atoms with Gasteiger partial charge in [0.1, 0.15) is 18.4 Å². The summed E-state index contributed by atoms with van der Waals surface area (Å²) in [6.45, 7) is 2.33. The van der Waals surface area contributed by atoms with Gasteiger partial charge < -0.3 is 0 Å². The Morgan fingerprint density at radius 1 is 0.714 bits per heavy atom. The van der Waals surface area contributed by atoms with E-state index in [1.54, 1.807) is 0 Å². The second-order valence-corrected chi connectivity index (χ2v) is 9.15. The van der Waals surface area contributed by atoms with Crippen LogP contribution in [0, 0.1) is 41.4 Å². The van der Waals surface area contributed by atoms with Gasteiger partial charge in [-0.2, -0.15) is 0 Å². The summed E-state index contributed by atoms with van der Waals surface area (Å²) in [4.78, 5) is 0. The van der Waals surface area contributed by atoms with E-state index in [0.29, 0.717) is 0 Å². The van der Waals surface area contributed by atoms with E-state index in [9.17, 15) is 22.0 Å². The van der Waals surface area contributed by atoms with Crippen molar-refractivity contribution in [1.82, 2.24) is 0 Å². The molecule has 2 atom stereocenters. The van der Waals surface area contributed by atoms with Crippen LogP contribution in [0.1, 0.15) is 71.1 Å². The average Bonchev–Trinajstić information content (AvgIpc) is 2.63. The quantitative estimate of drug-likeness (QED) is 0.370. The highest BCUT2D eigenvalue weighted by molar-refractivity contribution is 5.11. The molecule has 2 unspecified atom stereocenters. The zero-order valence-electron chi connectivity index (χ0n) is 16.5. The van der Waals surface area contributed by atoms with Gasteiger partial charge in [-0.1, -0.05) is 31.6 Å². The first-order valence-electron chi connectivity index (χ1n) is 10.7. The lowest BCUT2D eigenvalue weighted by Crippen LogP contribution is -2.44. The number of alkyl halides is 5. The van der Waals surface area contributed by atoms with Crippen LogP contribution in [0.2, 0.25) is 0 Å². The molecule has 0 aromatic carbocycles. The zero-order chi connectivity index (χ0) is 20.3. The second kappa shape index (κ2) is 9.32. The maximum Gasteiger partial charge on any atom is 0.522 e. The molecule has 0 radical (unpaired) electrons. The van der Waals surface area contributed by atoms with Crippen LogP contribution in [0.5, 0.6) is 0 Å². The summed E-state index contributed by atoms with van der Waals surface area (Å²) in [5.74, 6) is 8.35. The highest BCUT2D eigenvalue weighted by atomic mass is 19.4. The van der Waals surface area contributed by atoms with Crippen LogP contribution in [-0.2, 0) is 4.74 Å². The first kappa shape index (κ1) is 21.9. The van der Waals surface area contributed by atoms with Crippen LogP contribution in [-0.4, -0.2) is 24.8 Å². The molecule has 0 bridgehead atoms. The van der Waals surface area contributed by atoms with Crippen molar-refractivity contribution in [2.45, 2.75) is 95.9 Å². The SMILES string of the molecule is CC1CCC(C2CCC(C#CC3CC(F)C(OC(F)(F)F)C(F)C3)CC2)CC1. The van der Waals surface area contributed by atoms with Gasteiger partial charge in [0.2, 0.25) is 0 Å². The highest BCUT2D eigenvalue weighted by Crippen LogP contribution is 2.41. The minimum atomic E-state index is -5.02. The van der Waals surface area contributed by atoms with Crippen LogP contribution >= 0.6 is 0 Å². The minimum absolute atomic E-state index is 0.191. The summed E-state index contributed by atoms with van der Waals surface area (Å²) < 4.78 is 68.4. The molecule has 3 aliphatic rings. The monoisotopic (exact) mass is 406 g/mol. The van der Waals surface area contributed by atoms with Gasteiger partial charge in [0.15, 0.2) is 0 Å². The van der Waals surface area contributed by atoms with Gasteiger partial charge in [-0.3, -0.25) is 4.74 Å². The van der Waals surface area contributed by atoms with Crippen LogP contribution in [0.3, 0.4) is 0 Å². The van der Waals surface area contributed by atoms with Crippen LogP contribution in [0.4, 0.5) is 22.0 Å². The number of halogens is 5. The molecule has 0 aliphatic heterocycles.